The van der Waals surface area contributed by atoms with Gasteiger partial charge in [0.25, 0.3) is 5.56 Å². The van der Waals surface area contributed by atoms with Gasteiger partial charge in [0.2, 0.25) is 0 Å². The number of hydrogen-bond acceptors (Lipinski definition) is 2. The molecular formula is C12H13NO2. The second-order valence-corrected chi connectivity index (χ2v) is 4.16. The van der Waals surface area contributed by atoms with Gasteiger partial charge in [-0.15, -0.1) is 0 Å². The van der Waals surface area contributed by atoms with Crippen molar-refractivity contribution in [3.8, 4) is 0 Å². The van der Waals surface area contributed by atoms with E-state index in [0.29, 0.717) is 5.56 Å². The molecule has 1 aromatic heterocycles. The van der Waals surface area contributed by atoms with Gasteiger partial charge < -0.3 is 10.1 Å². The van der Waals surface area contributed by atoms with E-state index in [1.54, 1.807) is 19.9 Å². The smallest absolute Gasteiger partial charge is 0.254 e. The van der Waals surface area contributed by atoms with Crippen LogP contribution in [0.2, 0.25) is 0 Å². The van der Waals surface area contributed by atoms with Crippen molar-refractivity contribution in [1.82, 2.24) is 4.98 Å². The van der Waals surface area contributed by atoms with Crippen LogP contribution in [0, 0.1) is 0 Å². The predicted octanol–water partition coefficient (Wildman–Crippen LogP) is 1.76. The molecule has 0 saturated carbocycles. The van der Waals surface area contributed by atoms with E-state index >= 15 is 0 Å². The fourth-order valence-electron chi connectivity index (χ4n) is 1.60. The first kappa shape index (κ1) is 9.93. The Bertz CT molecular complexity index is 549. The summed E-state index contributed by atoms with van der Waals surface area (Å²) < 4.78 is 0. The third kappa shape index (κ3) is 1.78. The lowest BCUT2D eigenvalue weighted by molar-refractivity contribution is 0.0772. The standard InChI is InChI=1S/C12H13NO2/c1-12(2,15)9-7-8-5-3-4-6-10(8)13-11(9)14/h3-7,15H,1-2H3,(H,13,14). The Labute approximate surface area is 87.4 Å². The molecule has 3 heteroatoms. The average Bonchev–Trinajstić information content (AvgIpc) is 2.15. The minimum atomic E-state index is -1.11. The number of aromatic nitrogens is 1. The molecule has 0 spiro atoms. The number of para-hydroxylation sites is 1. The third-order valence-corrected chi connectivity index (χ3v) is 2.41. The molecule has 0 fully saturated rings. The number of pyridine rings is 1. The molecular weight excluding hydrogens is 190 g/mol. The molecule has 2 rings (SSSR count). The first-order chi connectivity index (χ1) is 6.98. The fraction of sp³-hybridized carbons (Fsp3) is 0.250. The summed E-state index contributed by atoms with van der Waals surface area (Å²) in [5, 5.41) is 10.7. The molecule has 0 atom stereocenters. The van der Waals surface area contributed by atoms with Crippen LogP contribution in [0.4, 0.5) is 0 Å². The van der Waals surface area contributed by atoms with Gasteiger partial charge in [0.1, 0.15) is 0 Å². The van der Waals surface area contributed by atoms with Gasteiger partial charge in [-0.25, -0.2) is 0 Å². The lowest BCUT2D eigenvalue weighted by atomic mass is 9.98. The van der Waals surface area contributed by atoms with Crippen LogP contribution in [-0.4, -0.2) is 10.1 Å². The molecule has 0 unspecified atom stereocenters. The summed E-state index contributed by atoms with van der Waals surface area (Å²) in [6.07, 6.45) is 0. The maximum Gasteiger partial charge on any atom is 0.254 e. The third-order valence-electron chi connectivity index (χ3n) is 2.41. The predicted molar refractivity (Wildman–Crippen MR) is 59.8 cm³/mol. The Kier molecular flexibility index (Phi) is 2.12. The first-order valence-electron chi connectivity index (χ1n) is 4.83. The highest BCUT2D eigenvalue weighted by atomic mass is 16.3. The quantitative estimate of drug-likeness (QED) is 0.742. The topological polar surface area (TPSA) is 53.1 Å². The fourth-order valence-corrected chi connectivity index (χ4v) is 1.60. The Balaban J connectivity index is 2.79. The highest BCUT2D eigenvalue weighted by molar-refractivity contribution is 5.78. The number of H-pyrrole nitrogens is 1. The molecule has 0 saturated heterocycles. The Morgan fingerprint density at radius 2 is 1.93 bits per heavy atom. The second kappa shape index (κ2) is 3.21. The molecule has 0 bridgehead atoms. The zero-order valence-corrected chi connectivity index (χ0v) is 8.74. The van der Waals surface area contributed by atoms with Crippen LogP contribution in [0.15, 0.2) is 35.1 Å². The van der Waals surface area contributed by atoms with Crippen molar-refractivity contribution < 1.29 is 5.11 Å². The second-order valence-electron chi connectivity index (χ2n) is 4.16. The molecule has 0 aliphatic heterocycles. The normalized spacial score (nSPS) is 11.9. The Hall–Kier alpha value is -1.61. The van der Waals surface area contributed by atoms with E-state index in [9.17, 15) is 9.90 Å². The maximum absolute atomic E-state index is 11.7. The van der Waals surface area contributed by atoms with Crippen LogP contribution >= 0.6 is 0 Å². The van der Waals surface area contributed by atoms with E-state index in [0.717, 1.165) is 10.9 Å². The van der Waals surface area contributed by atoms with Gasteiger partial charge in [-0.3, -0.25) is 4.79 Å². The van der Waals surface area contributed by atoms with Crippen LogP contribution in [0.3, 0.4) is 0 Å². The number of aliphatic hydroxyl groups is 1. The zero-order chi connectivity index (χ0) is 11.1. The van der Waals surface area contributed by atoms with Crippen LogP contribution in [0.1, 0.15) is 19.4 Å². The largest absolute Gasteiger partial charge is 0.386 e. The van der Waals surface area contributed by atoms with Gasteiger partial charge in [-0.05, 0) is 31.4 Å². The number of benzene rings is 1. The number of rotatable bonds is 1. The number of nitrogens with one attached hydrogen (secondary N) is 1. The van der Waals surface area contributed by atoms with E-state index in [4.69, 9.17) is 0 Å². The summed E-state index contributed by atoms with van der Waals surface area (Å²) >= 11 is 0. The van der Waals surface area contributed by atoms with Crippen molar-refractivity contribution >= 4 is 10.9 Å². The van der Waals surface area contributed by atoms with Crippen molar-refractivity contribution in [3.63, 3.8) is 0 Å². The summed E-state index contributed by atoms with van der Waals surface area (Å²) in [5.41, 5.74) is -0.171. The number of aromatic amines is 1. The van der Waals surface area contributed by atoms with Crippen molar-refractivity contribution in [2.45, 2.75) is 19.4 Å². The van der Waals surface area contributed by atoms with Crippen molar-refractivity contribution in [2.24, 2.45) is 0 Å². The van der Waals surface area contributed by atoms with Crippen LogP contribution in [-0.2, 0) is 5.60 Å². The van der Waals surface area contributed by atoms with E-state index in [2.05, 4.69) is 4.98 Å². The lowest BCUT2D eigenvalue weighted by Gasteiger charge is -2.16. The number of fused-ring (bicyclic) bond motifs is 1. The lowest BCUT2D eigenvalue weighted by Crippen LogP contribution is -2.26. The molecule has 3 nitrogen and oxygen atoms in total. The highest BCUT2D eigenvalue weighted by Gasteiger charge is 2.20. The first-order valence-corrected chi connectivity index (χ1v) is 4.83. The summed E-state index contributed by atoms with van der Waals surface area (Å²) in [6.45, 7) is 3.21. The molecule has 15 heavy (non-hydrogen) atoms. The summed E-state index contributed by atoms with van der Waals surface area (Å²) in [4.78, 5) is 14.4. The summed E-state index contributed by atoms with van der Waals surface area (Å²) in [5.74, 6) is 0. The minimum absolute atomic E-state index is 0.235. The van der Waals surface area contributed by atoms with Gasteiger partial charge in [0.15, 0.2) is 0 Å². The number of hydrogen-bond donors (Lipinski definition) is 2. The van der Waals surface area contributed by atoms with Crippen LogP contribution in [0.25, 0.3) is 10.9 Å². The van der Waals surface area contributed by atoms with Gasteiger partial charge in [-0.1, -0.05) is 18.2 Å². The van der Waals surface area contributed by atoms with Crippen molar-refractivity contribution in [2.75, 3.05) is 0 Å². The molecule has 0 aliphatic carbocycles. The van der Waals surface area contributed by atoms with E-state index < -0.39 is 5.60 Å². The van der Waals surface area contributed by atoms with Gasteiger partial charge in [0.05, 0.1) is 5.60 Å². The van der Waals surface area contributed by atoms with Crippen molar-refractivity contribution in [3.05, 3.63) is 46.2 Å². The monoisotopic (exact) mass is 203 g/mol. The highest BCUT2D eigenvalue weighted by Crippen LogP contribution is 2.19. The Morgan fingerprint density at radius 1 is 1.27 bits per heavy atom. The average molecular weight is 203 g/mol. The van der Waals surface area contributed by atoms with E-state index in [1.807, 2.05) is 24.3 Å². The molecule has 0 aliphatic rings. The Morgan fingerprint density at radius 3 is 2.60 bits per heavy atom. The molecule has 0 amide bonds. The summed E-state index contributed by atoms with van der Waals surface area (Å²) in [6, 6.07) is 9.23. The SMILES string of the molecule is CC(C)(O)c1cc2ccccc2[nH]c1=O. The molecule has 2 N–H and O–H groups in total. The zero-order valence-electron chi connectivity index (χ0n) is 8.74. The molecule has 1 heterocycles. The molecule has 1 aromatic carbocycles. The van der Waals surface area contributed by atoms with E-state index in [-0.39, 0.29) is 5.56 Å². The molecule has 0 radical (unpaired) electrons. The van der Waals surface area contributed by atoms with Crippen molar-refractivity contribution in [1.29, 1.82) is 0 Å². The van der Waals surface area contributed by atoms with Crippen LogP contribution in [0.5, 0.6) is 0 Å². The van der Waals surface area contributed by atoms with Gasteiger partial charge in [0, 0.05) is 11.1 Å². The summed E-state index contributed by atoms with van der Waals surface area (Å²) in [7, 11) is 0. The molecule has 78 valence electrons. The van der Waals surface area contributed by atoms with Crippen LogP contribution < -0.4 is 5.56 Å². The molecule has 2 aromatic rings. The van der Waals surface area contributed by atoms with Gasteiger partial charge in [-0.2, -0.15) is 0 Å². The maximum atomic E-state index is 11.7. The minimum Gasteiger partial charge on any atom is -0.386 e. The van der Waals surface area contributed by atoms with E-state index in [1.165, 1.54) is 0 Å². The van der Waals surface area contributed by atoms with Gasteiger partial charge >= 0.3 is 0 Å².